The van der Waals surface area contributed by atoms with E-state index in [1.54, 1.807) is 38.1 Å². The molecule has 1 aliphatic heterocycles. The van der Waals surface area contributed by atoms with E-state index in [0.29, 0.717) is 6.54 Å². The lowest BCUT2D eigenvalue weighted by Gasteiger charge is -2.29. The van der Waals surface area contributed by atoms with E-state index in [0.717, 1.165) is 12.8 Å². The molecule has 0 saturated heterocycles. The molecule has 0 amide bonds. The lowest BCUT2D eigenvalue weighted by molar-refractivity contribution is -0.144. The number of esters is 3. The Kier molecular flexibility index (Phi) is 9.47. The van der Waals surface area contributed by atoms with Crippen molar-refractivity contribution in [2.75, 3.05) is 26.4 Å². The Morgan fingerprint density at radius 3 is 1.81 bits per heavy atom. The Labute approximate surface area is 155 Å². The topological polar surface area (TPSA) is 82.1 Å². The van der Waals surface area contributed by atoms with E-state index in [9.17, 15) is 14.4 Å². The fraction of sp³-hybridized carbons (Fsp3) is 0.632. The van der Waals surface area contributed by atoms with Gasteiger partial charge in [0.25, 0.3) is 0 Å². The van der Waals surface area contributed by atoms with Crippen molar-refractivity contribution in [2.24, 2.45) is 5.92 Å². The Bertz CT molecular complexity index is 530. The average Bonchev–Trinajstić information content (AvgIpc) is 2.61. The highest BCUT2D eigenvalue weighted by molar-refractivity contribution is 5.97. The molecule has 0 bridgehead atoms. The van der Waals surface area contributed by atoms with Crippen LogP contribution in [0, 0.1) is 5.92 Å². The molecule has 0 unspecified atom stereocenters. The van der Waals surface area contributed by atoms with Crippen LogP contribution in [0.4, 0.5) is 0 Å². The minimum atomic E-state index is -0.745. The minimum Gasteiger partial charge on any atom is -0.466 e. The fourth-order valence-corrected chi connectivity index (χ4v) is 2.64. The summed E-state index contributed by atoms with van der Waals surface area (Å²) in [4.78, 5) is 38.7. The molecule has 1 aliphatic rings. The van der Waals surface area contributed by atoms with E-state index in [4.69, 9.17) is 14.2 Å². The van der Waals surface area contributed by atoms with Crippen LogP contribution in [0.25, 0.3) is 0 Å². The van der Waals surface area contributed by atoms with Gasteiger partial charge in [-0.1, -0.05) is 13.3 Å². The van der Waals surface area contributed by atoms with Crippen molar-refractivity contribution in [1.82, 2.24) is 4.90 Å². The van der Waals surface area contributed by atoms with Crippen LogP contribution in [0.2, 0.25) is 0 Å². The molecule has 0 atom stereocenters. The van der Waals surface area contributed by atoms with Gasteiger partial charge in [-0.05, 0) is 27.2 Å². The Morgan fingerprint density at radius 1 is 0.885 bits per heavy atom. The largest absolute Gasteiger partial charge is 0.466 e. The number of carbonyl (C=O) groups is 3. The minimum absolute atomic E-state index is 0.120. The van der Waals surface area contributed by atoms with Gasteiger partial charge in [-0.25, -0.2) is 9.59 Å². The summed E-state index contributed by atoms with van der Waals surface area (Å²) in [5.74, 6) is -2.31. The van der Waals surface area contributed by atoms with Gasteiger partial charge in [0.05, 0.1) is 37.4 Å². The first-order chi connectivity index (χ1) is 12.5. The molecule has 0 aliphatic carbocycles. The maximum absolute atomic E-state index is 12.4. The highest BCUT2D eigenvalue weighted by atomic mass is 16.5. The summed E-state index contributed by atoms with van der Waals surface area (Å²) in [7, 11) is 0. The third kappa shape index (κ3) is 6.20. The predicted molar refractivity (Wildman–Crippen MR) is 95.8 cm³/mol. The third-order valence-electron chi connectivity index (χ3n) is 3.83. The molecule has 0 fully saturated rings. The van der Waals surface area contributed by atoms with E-state index in [2.05, 4.69) is 6.92 Å². The van der Waals surface area contributed by atoms with Gasteiger partial charge in [0, 0.05) is 24.9 Å². The molecule has 7 heteroatoms. The molecule has 0 aromatic carbocycles. The Morgan fingerprint density at radius 2 is 1.38 bits per heavy atom. The number of hydrogen-bond acceptors (Lipinski definition) is 7. The molecule has 0 aromatic rings. The SMILES string of the molecule is CCCCN1C=C(C(=O)OCC)C(CC(=O)OCC)C(C(=O)OCC)=C1. The normalized spacial score (nSPS) is 14.4. The van der Waals surface area contributed by atoms with E-state index in [1.165, 1.54) is 0 Å². The van der Waals surface area contributed by atoms with Crippen LogP contribution in [0.1, 0.15) is 47.0 Å². The molecule has 0 aromatic heterocycles. The number of hydrogen-bond donors (Lipinski definition) is 0. The van der Waals surface area contributed by atoms with Gasteiger partial charge >= 0.3 is 17.9 Å². The Balaban J connectivity index is 3.23. The van der Waals surface area contributed by atoms with Crippen LogP contribution in [-0.2, 0) is 28.6 Å². The summed E-state index contributed by atoms with van der Waals surface area (Å²) < 4.78 is 15.3. The summed E-state index contributed by atoms with van der Waals surface area (Å²) in [6.45, 7) is 8.46. The quantitative estimate of drug-likeness (QED) is 0.433. The van der Waals surface area contributed by atoms with Crippen molar-refractivity contribution in [3.05, 3.63) is 23.5 Å². The summed E-state index contributed by atoms with van der Waals surface area (Å²) in [5.41, 5.74) is 0.531. The standard InChI is InChI=1S/C19H29NO6/c1-5-9-10-20-12-15(18(22)25-7-3)14(11-17(21)24-6-2)16(13-20)19(23)26-8-4/h12-14H,5-11H2,1-4H3. The lowest BCUT2D eigenvalue weighted by Crippen LogP contribution is -2.32. The second kappa shape index (κ2) is 11.3. The maximum atomic E-state index is 12.4. The van der Waals surface area contributed by atoms with Gasteiger partial charge in [-0.2, -0.15) is 0 Å². The molecule has 7 nitrogen and oxygen atoms in total. The van der Waals surface area contributed by atoms with Gasteiger partial charge in [0.2, 0.25) is 0 Å². The van der Waals surface area contributed by atoms with E-state index in [-0.39, 0.29) is 37.4 Å². The van der Waals surface area contributed by atoms with Crippen LogP contribution in [0.15, 0.2) is 23.5 Å². The fourth-order valence-electron chi connectivity index (χ4n) is 2.64. The second-order valence-corrected chi connectivity index (χ2v) is 5.76. The van der Waals surface area contributed by atoms with E-state index >= 15 is 0 Å². The monoisotopic (exact) mass is 367 g/mol. The molecule has 0 N–H and O–H groups in total. The first kappa shape index (κ1) is 21.7. The van der Waals surface area contributed by atoms with Gasteiger partial charge in [-0.3, -0.25) is 4.79 Å². The zero-order valence-corrected chi connectivity index (χ0v) is 16.1. The van der Waals surface area contributed by atoms with Crippen LogP contribution < -0.4 is 0 Å². The molecule has 1 heterocycles. The highest BCUT2D eigenvalue weighted by Gasteiger charge is 2.36. The smallest absolute Gasteiger partial charge is 0.336 e. The Hall–Kier alpha value is -2.31. The first-order valence-electron chi connectivity index (χ1n) is 9.17. The molecule has 26 heavy (non-hydrogen) atoms. The van der Waals surface area contributed by atoms with Crippen molar-refractivity contribution in [3.63, 3.8) is 0 Å². The van der Waals surface area contributed by atoms with E-state index < -0.39 is 23.8 Å². The number of nitrogens with zero attached hydrogens (tertiary/aromatic N) is 1. The van der Waals surface area contributed by atoms with Gasteiger partial charge in [0.1, 0.15) is 0 Å². The van der Waals surface area contributed by atoms with Crippen molar-refractivity contribution < 1.29 is 28.6 Å². The lowest BCUT2D eigenvalue weighted by atomic mass is 9.86. The van der Waals surface area contributed by atoms with Crippen molar-refractivity contribution >= 4 is 17.9 Å². The summed E-state index contributed by atoms with van der Waals surface area (Å²) in [6.07, 6.45) is 5.04. The number of carbonyl (C=O) groups excluding carboxylic acids is 3. The molecule has 0 radical (unpaired) electrons. The van der Waals surface area contributed by atoms with Crippen LogP contribution in [0.3, 0.4) is 0 Å². The molecular weight excluding hydrogens is 338 g/mol. The molecule has 146 valence electrons. The average molecular weight is 367 g/mol. The predicted octanol–water partition coefficient (Wildman–Crippen LogP) is 2.57. The van der Waals surface area contributed by atoms with Gasteiger partial charge < -0.3 is 19.1 Å². The second-order valence-electron chi connectivity index (χ2n) is 5.76. The first-order valence-corrected chi connectivity index (χ1v) is 9.17. The summed E-state index contributed by atoms with van der Waals surface area (Å²) in [6, 6.07) is 0. The van der Waals surface area contributed by atoms with Gasteiger partial charge in [-0.15, -0.1) is 0 Å². The maximum Gasteiger partial charge on any atom is 0.336 e. The highest BCUT2D eigenvalue weighted by Crippen LogP contribution is 2.32. The zero-order valence-electron chi connectivity index (χ0n) is 16.1. The van der Waals surface area contributed by atoms with Crippen molar-refractivity contribution in [3.8, 4) is 0 Å². The van der Waals surface area contributed by atoms with Crippen molar-refractivity contribution in [1.29, 1.82) is 0 Å². The van der Waals surface area contributed by atoms with Crippen LogP contribution >= 0.6 is 0 Å². The van der Waals surface area contributed by atoms with Crippen LogP contribution in [-0.4, -0.2) is 49.2 Å². The summed E-state index contributed by atoms with van der Waals surface area (Å²) in [5, 5.41) is 0. The number of ether oxygens (including phenoxy) is 3. The molecule has 0 saturated carbocycles. The number of rotatable bonds is 10. The van der Waals surface area contributed by atoms with Crippen LogP contribution in [0.5, 0.6) is 0 Å². The van der Waals surface area contributed by atoms with Crippen molar-refractivity contribution in [2.45, 2.75) is 47.0 Å². The summed E-state index contributed by atoms with van der Waals surface area (Å²) >= 11 is 0. The number of unbranched alkanes of at least 4 members (excludes halogenated alkanes) is 1. The molecular formula is C19H29NO6. The van der Waals surface area contributed by atoms with E-state index in [1.807, 2.05) is 0 Å². The molecule has 1 rings (SSSR count). The molecule has 0 spiro atoms. The van der Waals surface area contributed by atoms with Gasteiger partial charge in [0.15, 0.2) is 0 Å². The zero-order chi connectivity index (χ0) is 19.5. The third-order valence-corrected chi connectivity index (χ3v) is 3.83.